The molecular weight excluding hydrogens is 460 g/mol. The molecule has 1 saturated carbocycles. The maximum Gasteiger partial charge on any atom is 0.326 e. The SMILES string of the molecule is C[C@@H](CN1CCC(n2c(=O)[nH]c3cc(-c4ccccc4)ccc32)CC1)NC(=O)[C@H]1C[C@@H]1c1ccccc1. The highest BCUT2D eigenvalue weighted by Crippen LogP contribution is 2.47. The molecule has 2 heterocycles. The van der Waals surface area contributed by atoms with Crippen LogP contribution in [0.3, 0.4) is 0 Å². The summed E-state index contributed by atoms with van der Waals surface area (Å²) in [7, 11) is 0. The van der Waals surface area contributed by atoms with Gasteiger partial charge in [0, 0.05) is 37.6 Å². The number of imidazole rings is 1. The van der Waals surface area contributed by atoms with Crippen LogP contribution in [0.25, 0.3) is 22.2 Å². The summed E-state index contributed by atoms with van der Waals surface area (Å²) in [6.45, 7) is 4.77. The third-order valence-corrected chi connectivity index (χ3v) is 8.02. The second-order valence-electron chi connectivity index (χ2n) is 10.7. The highest BCUT2D eigenvalue weighted by molar-refractivity contribution is 5.83. The minimum absolute atomic E-state index is 0.0308. The highest BCUT2D eigenvalue weighted by Gasteiger charge is 2.44. The van der Waals surface area contributed by atoms with E-state index in [2.05, 4.69) is 64.6 Å². The number of carbonyl (C=O) groups excluding carboxylic acids is 1. The third-order valence-electron chi connectivity index (χ3n) is 8.02. The van der Waals surface area contributed by atoms with E-state index in [4.69, 9.17) is 0 Å². The van der Waals surface area contributed by atoms with Crippen LogP contribution >= 0.6 is 0 Å². The van der Waals surface area contributed by atoms with Gasteiger partial charge in [0.05, 0.1) is 11.0 Å². The van der Waals surface area contributed by atoms with Gasteiger partial charge in [-0.1, -0.05) is 66.7 Å². The lowest BCUT2D eigenvalue weighted by Gasteiger charge is -2.34. The predicted molar refractivity (Wildman–Crippen MR) is 148 cm³/mol. The Morgan fingerprint density at radius 1 is 0.973 bits per heavy atom. The van der Waals surface area contributed by atoms with Gasteiger partial charge in [-0.3, -0.25) is 9.36 Å². The van der Waals surface area contributed by atoms with Gasteiger partial charge in [0.2, 0.25) is 5.91 Å². The third kappa shape index (κ3) is 4.98. The molecule has 1 aliphatic heterocycles. The van der Waals surface area contributed by atoms with Gasteiger partial charge < -0.3 is 15.2 Å². The molecule has 1 saturated heterocycles. The van der Waals surface area contributed by atoms with E-state index in [0.29, 0.717) is 5.92 Å². The molecule has 2 fully saturated rings. The van der Waals surface area contributed by atoms with Gasteiger partial charge in [-0.05, 0) is 60.9 Å². The number of piperidine rings is 1. The van der Waals surface area contributed by atoms with Crippen LogP contribution < -0.4 is 11.0 Å². The minimum atomic E-state index is -0.0308. The summed E-state index contributed by atoms with van der Waals surface area (Å²) in [5.41, 5.74) is 5.34. The number of rotatable bonds is 7. The van der Waals surface area contributed by atoms with Gasteiger partial charge in [-0.15, -0.1) is 0 Å². The fourth-order valence-corrected chi connectivity index (χ4v) is 6.00. The molecule has 3 aromatic carbocycles. The van der Waals surface area contributed by atoms with E-state index < -0.39 is 0 Å². The molecule has 1 aliphatic carbocycles. The number of hydrogen-bond donors (Lipinski definition) is 2. The normalized spacial score (nSPS) is 21.1. The van der Waals surface area contributed by atoms with Gasteiger partial charge in [-0.25, -0.2) is 4.79 Å². The number of aromatic nitrogens is 2. The number of nitrogens with one attached hydrogen (secondary N) is 2. The number of amides is 1. The standard InChI is InChI=1S/C31H34N4O2/c1-21(32-30(36)27-19-26(27)23-10-6-3-7-11-23)20-34-16-14-25(15-17-34)35-29-13-12-24(18-28(29)33-31(35)37)22-8-4-2-5-9-22/h2-13,18,21,25-27H,14-17,19-20H2,1H3,(H,32,36)(H,33,37)/t21-,26+,27-/m0/s1. The van der Waals surface area contributed by atoms with Crippen LogP contribution in [0.1, 0.15) is 43.7 Å². The Kier molecular flexibility index (Phi) is 6.43. The van der Waals surface area contributed by atoms with Crippen LogP contribution in [-0.4, -0.2) is 46.0 Å². The first kappa shape index (κ1) is 23.7. The van der Waals surface area contributed by atoms with Crippen LogP contribution in [0.5, 0.6) is 0 Å². The summed E-state index contributed by atoms with van der Waals surface area (Å²) < 4.78 is 1.95. The second kappa shape index (κ2) is 10.0. The van der Waals surface area contributed by atoms with Crippen molar-refractivity contribution >= 4 is 16.9 Å². The summed E-state index contributed by atoms with van der Waals surface area (Å²) in [5, 5.41) is 3.24. The molecule has 0 radical (unpaired) electrons. The molecule has 1 amide bonds. The first-order valence-electron chi connectivity index (χ1n) is 13.4. The van der Waals surface area contributed by atoms with Crippen molar-refractivity contribution in [2.45, 2.75) is 44.2 Å². The molecule has 2 N–H and O–H groups in total. The zero-order valence-electron chi connectivity index (χ0n) is 21.3. The molecule has 6 heteroatoms. The average Bonchev–Trinajstić information content (AvgIpc) is 3.66. The highest BCUT2D eigenvalue weighted by atomic mass is 16.2. The van der Waals surface area contributed by atoms with E-state index in [9.17, 15) is 9.59 Å². The predicted octanol–water partition coefficient (Wildman–Crippen LogP) is 4.94. The van der Waals surface area contributed by atoms with Crippen molar-refractivity contribution in [3.63, 3.8) is 0 Å². The van der Waals surface area contributed by atoms with Gasteiger partial charge in [-0.2, -0.15) is 0 Å². The van der Waals surface area contributed by atoms with Crippen LogP contribution in [0, 0.1) is 5.92 Å². The number of nitrogens with zero attached hydrogens (tertiary/aromatic N) is 2. The summed E-state index contributed by atoms with van der Waals surface area (Å²) in [5.74, 6) is 0.644. The zero-order chi connectivity index (χ0) is 25.4. The first-order chi connectivity index (χ1) is 18.1. The Balaban J connectivity index is 1.04. The Morgan fingerprint density at radius 2 is 1.68 bits per heavy atom. The van der Waals surface area contributed by atoms with Gasteiger partial charge in [0.1, 0.15) is 0 Å². The molecule has 0 spiro atoms. The van der Waals surface area contributed by atoms with Crippen molar-refractivity contribution < 1.29 is 4.79 Å². The lowest BCUT2D eigenvalue weighted by atomic mass is 10.0. The van der Waals surface area contributed by atoms with Crippen molar-refractivity contribution in [2.24, 2.45) is 5.92 Å². The molecule has 190 valence electrons. The first-order valence-corrected chi connectivity index (χ1v) is 13.4. The molecule has 1 aromatic heterocycles. The van der Waals surface area contributed by atoms with E-state index in [1.165, 1.54) is 5.56 Å². The average molecular weight is 495 g/mol. The summed E-state index contributed by atoms with van der Waals surface area (Å²) in [6.07, 6.45) is 2.79. The van der Waals surface area contributed by atoms with Crippen LogP contribution in [0.15, 0.2) is 83.7 Å². The zero-order valence-corrected chi connectivity index (χ0v) is 21.3. The number of benzene rings is 3. The quantitative estimate of drug-likeness (QED) is 0.382. The second-order valence-corrected chi connectivity index (χ2v) is 10.7. The molecule has 6 rings (SSSR count). The molecule has 6 nitrogen and oxygen atoms in total. The van der Waals surface area contributed by atoms with Crippen LogP contribution in [0.4, 0.5) is 0 Å². The smallest absolute Gasteiger partial charge is 0.326 e. The largest absolute Gasteiger partial charge is 0.352 e. The summed E-state index contributed by atoms with van der Waals surface area (Å²) in [4.78, 5) is 31.2. The van der Waals surface area contributed by atoms with Crippen LogP contribution in [-0.2, 0) is 4.79 Å². The fraction of sp³-hybridized carbons (Fsp3) is 0.355. The Labute approximate surface area is 217 Å². The molecule has 3 atom stereocenters. The van der Waals surface area contributed by atoms with Gasteiger partial charge >= 0.3 is 5.69 Å². The van der Waals surface area contributed by atoms with E-state index in [1.54, 1.807) is 0 Å². The number of carbonyl (C=O) groups is 1. The van der Waals surface area contributed by atoms with Crippen molar-refractivity contribution in [1.29, 1.82) is 0 Å². The maximum absolute atomic E-state index is 12.9. The van der Waals surface area contributed by atoms with Crippen molar-refractivity contribution in [1.82, 2.24) is 19.8 Å². The van der Waals surface area contributed by atoms with Gasteiger partial charge in [0.15, 0.2) is 0 Å². The number of hydrogen-bond acceptors (Lipinski definition) is 3. The molecule has 2 aliphatic rings. The minimum Gasteiger partial charge on any atom is -0.352 e. The van der Waals surface area contributed by atoms with E-state index in [-0.39, 0.29) is 29.6 Å². The van der Waals surface area contributed by atoms with E-state index in [0.717, 1.165) is 61.1 Å². The van der Waals surface area contributed by atoms with E-state index >= 15 is 0 Å². The van der Waals surface area contributed by atoms with Crippen molar-refractivity contribution in [2.75, 3.05) is 19.6 Å². The fourth-order valence-electron chi connectivity index (χ4n) is 6.00. The van der Waals surface area contributed by atoms with Gasteiger partial charge in [0.25, 0.3) is 0 Å². The Hall–Kier alpha value is -3.64. The Bertz CT molecular complexity index is 1430. The topological polar surface area (TPSA) is 70.1 Å². The molecule has 0 unspecified atom stereocenters. The molecule has 0 bridgehead atoms. The molecular formula is C31H34N4O2. The molecule has 4 aromatic rings. The van der Waals surface area contributed by atoms with Crippen molar-refractivity contribution in [3.8, 4) is 11.1 Å². The molecule has 37 heavy (non-hydrogen) atoms. The number of fused-ring (bicyclic) bond motifs is 1. The number of H-pyrrole nitrogens is 1. The number of aromatic amines is 1. The van der Waals surface area contributed by atoms with Crippen molar-refractivity contribution in [3.05, 3.63) is 94.9 Å². The lowest BCUT2D eigenvalue weighted by molar-refractivity contribution is -0.123. The lowest BCUT2D eigenvalue weighted by Crippen LogP contribution is -2.45. The number of likely N-dealkylation sites (tertiary alicyclic amines) is 1. The van der Waals surface area contributed by atoms with Crippen LogP contribution in [0.2, 0.25) is 0 Å². The maximum atomic E-state index is 12.9. The summed E-state index contributed by atoms with van der Waals surface area (Å²) >= 11 is 0. The Morgan fingerprint density at radius 3 is 2.41 bits per heavy atom. The van der Waals surface area contributed by atoms with E-state index in [1.807, 2.05) is 41.0 Å². The monoisotopic (exact) mass is 494 g/mol. The summed E-state index contributed by atoms with van der Waals surface area (Å²) in [6, 6.07) is 27.1.